The third-order valence-corrected chi connectivity index (χ3v) is 6.53. The minimum atomic E-state index is -4.61. The molecule has 0 amide bonds. The van der Waals surface area contributed by atoms with Gasteiger partial charge in [-0.25, -0.2) is 0 Å². The lowest BCUT2D eigenvalue weighted by Crippen LogP contribution is -2.31. The van der Waals surface area contributed by atoms with Crippen LogP contribution in [-0.2, 0) is 6.42 Å². The highest BCUT2D eigenvalue weighted by atomic mass is 19.4. The van der Waals surface area contributed by atoms with Crippen molar-refractivity contribution in [3.63, 3.8) is 0 Å². The van der Waals surface area contributed by atoms with Gasteiger partial charge in [0.05, 0.1) is 0 Å². The summed E-state index contributed by atoms with van der Waals surface area (Å²) >= 11 is 0. The monoisotopic (exact) mass is 368 g/mol. The van der Waals surface area contributed by atoms with Crippen molar-refractivity contribution in [1.29, 1.82) is 0 Å². The minimum Gasteiger partial charge on any atom is -0.406 e. The highest BCUT2D eigenvalue weighted by Gasteiger charge is 2.35. The Morgan fingerprint density at radius 2 is 1.46 bits per heavy atom. The molecule has 0 bridgehead atoms. The molecular formula is C22H31F3O. The molecular weight excluding hydrogens is 337 g/mol. The SMILES string of the molecule is CCCC1CC[C@@H]2C[C@H](CCc3ccc(OC(F)(F)F)cc3)CC[C@@H]2C1. The fourth-order valence-electron chi connectivity index (χ4n) is 5.24. The maximum Gasteiger partial charge on any atom is 0.573 e. The van der Waals surface area contributed by atoms with E-state index >= 15 is 0 Å². The van der Waals surface area contributed by atoms with Gasteiger partial charge in [0.2, 0.25) is 0 Å². The predicted molar refractivity (Wildman–Crippen MR) is 98.0 cm³/mol. The first-order chi connectivity index (χ1) is 12.4. The van der Waals surface area contributed by atoms with Gasteiger partial charge in [0, 0.05) is 0 Å². The fourth-order valence-corrected chi connectivity index (χ4v) is 5.24. The lowest BCUT2D eigenvalue weighted by Gasteiger charge is -2.42. The van der Waals surface area contributed by atoms with Gasteiger partial charge in [-0.05, 0) is 79.9 Å². The van der Waals surface area contributed by atoms with Gasteiger partial charge >= 0.3 is 6.36 Å². The second-order valence-corrected chi connectivity index (χ2v) is 8.40. The number of aryl methyl sites for hydroxylation is 1. The molecule has 146 valence electrons. The summed E-state index contributed by atoms with van der Waals surface area (Å²) in [6, 6.07) is 6.38. The molecule has 4 atom stereocenters. The van der Waals surface area contributed by atoms with Crippen LogP contribution >= 0.6 is 0 Å². The second kappa shape index (κ2) is 8.67. The van der Waals surface area contributed by atoms with Crippen LogP contribution in [0.4, 0.5) is 13.2 Å². The summed E-state index contributed by atoms with van der Waals surface area (Å²) in [5.41, 5.74) is 1.10. The van der Waals surface area contributed by atoms with Crippen LogP contribution in [0.2, 0.25) is 0 Å². The summed E-state index contributed by atoms with van der Waals surface area (Å²) in [6.45, 7) is 2.30. The van der Waals surface area contributed by atoms with E-state index in [1.807, 2.05) is 0 Å². The van der Waals surface area contributed by atoms with Gasteiger partial charge in [0.1, 0.15) is 5.75 Å². The molecule has 2 aliphatic carbocycles. The molecule has 26 heavy (non-hydrogen) atoms. The zero-order chi connectivity index (χ0) is 18.6. The summed E-state index contributed by atoms with van der Waals surface area (Å²) in [5.74, 6) is 3.49. The van der Waals surface area contributed by atoms with Crippen LogP contribution in [0.3, 0.4) is 0 Å². The van der Waals surface area contributed by atoms with E-state index in [2.05, 4.69) is 11.7 Å². The number of benzene rings is 1. The van der Waals surface area contributed by atoms with E-state index in [1.54, 1.807) is 12.1 Å². The Labute approximate surface area is 155 Å². The summed E-state index contributed by atoms with van der Waals surface area (Å²) in [7, 11) is 0. The standard InChI is InChI=1S/C22H31F3O/c1-2-3-17-6-10-20-15-18(7-11-19(20)14-17)5-4-16-8-12-21(13-9-16)26-22(23,24)25/h8-9,12-13,17-20H,2-7,10-11,14-15H2,1H3/t17?,18-,19-,20-/m1/s1. The van der Waals surface area contributed by atoms with E-state index in [9.17, 15) is 13.2 Å². The number of hydrogen-bond donors (Lipinski definition) is 0. The highest BCUT2D eigenvalue weighted by Crippen LogP contribution is 2.46. The van der Waals surface area contributed by atoms with Crippen molar-refractivity contribution in [2.45, 2.75) is 77.5 Å². The third-order valence-electron chi connectivity index (χ3n) is 6.53. The van der Waals surface area contributed by atoms with Crippen LogP contribution in [0.1, 0.15) is 70.3 Å². The molecule has 3 rings (SSSR count). The van der Waals surface area contributed by atoms with E-state index in [4.69, 9.17) is 0 Å². The van der Waals surface area contributed by atoms with Crippen LogP contribution in [0, 0.1) is 23.7 Å². The average Bonchev–Trinajstić information content (AvgIpc) is 2.60. The Balaban J connectivity index is 1.43. The number of alkyl halides is 3. The van der Waals surface area contributed by atoms with E-state index < -0.39 is 6.36 Å². The zero-order valence-electron chi connectivity index (χ0n) is 15.7. The molecule has 2 saturated carbocycles. The van der Waals surface area contributed by atoms with Crippen molar-refractivity contribution in [1.82, 2.24) is 0 Å². The number of rotatable bonds is 6. The molecule has 0 spiro atoms. The molecule has 0 aromatic heterocycles. The van der Waals surface area contributed by atoms with Gasteiger partial charge in [-0.2, -0.15) is 0 Å². The van der Waals surface area contributed by atoms with Crippen molar-refractivity contribution < 1.29 is 17.9 Å². The Morgan fingerprint density at radius 3 is 2.00 bits per heavy atom. The molecule has 0 aliphatic heterocycles. The lowest BCUT2D eigenvalue weighted by atomic mass is 9.63. The van der Waals surface area contributed by atoms with Crippen molar-refractivity contribution in [2.75, 3.05) is 0 Å². The van der Waals surface area contributed by atoms with Gasteiger partial charge < -0.3 is 4.74 Å². The van der Waals surface area contributed by atoms with E-state index in [0.717, 1.165) is 42.1 Å². The molecule has 1 aromatic carbocycles. The lowest BCUT2D eigenvalue weighted by molar-refractivity contribution is -0.274. The molecule has 0 saturated heterocycles. The highest BCUT2D eigenvalue weighted by molar-refractivity contribution is 5.27. The first kappa shape index (κ1) is 19.6. The molecule has 2 aliphatic rings. The van der Waals surface area contributed by atoms with Gasteiger partial charge in [-0.1, -0.05) is 44.7 Å². The number of ether oxygens (including phenoxy) is 1. The molecule has 0 heterocycles. The van der Waals surface area contributed by atoms with E-state index in [1.165, 1.54) is 63.5 Å². The molecule has 0 radical (unpaired) electrons. The first-order valence-corrected chi connectivity index (χ1v) is 10.3. The maximum absolute atomic E-state index is 12.2. The van der Waals surface area contributed by atoms with Gasteiger partial charge in [0.15, 0.2) is 0 Å². The molecule has 1 nitrogen and oxygen atoms in total. The quantitative estimate of drug-likeness (QED) is 0.518. The number of hydrogen-bond acceptors (Lipinski definition) is 1. The smallest absolute Gasteiger partial charge is 0.406 e. The summed E-state index contributed by atoms with van der Waals surface area (Å²) in [5, 5.41) is 0. The third kappa shape index (κ3) is 5.65. The Morgan fingerprint density at radius 1 is 0.885 bits per heavy atom. The molecule has 0 N–H and O–H groups in total. The molecule has 1 aromatic rings. The summed E-state index contributed by atoms with van der Waals surface area (Å²) < 4.78 is 40.6. The maximum atomic E-state index is 12.2. The summed E-state index contributed by atoms with van der Waals surface area (Å²) in [6.07, 6.45) is 8.56. The van der Waals surface area contributed by atoms with Gasteiger partial charge in [0.25, 0.3) is 0 Å². The number of halogens is 3. The molecule has 2 fully saturated rings. The average molecular weight is 368 g/mol. The van der Waals surface area contributed by atoms with Crippen molar-refractivity contribution in [3.8, 4) is 5.75 Å². The largest absolute Gasteiger partial charge is 0.573 e. The normalized spacial score (nSPS) is 29.2. The molecule has 4 heteroatoms. The zero-order valence-corrected chi connectivity index (χ0v) is 15.7. The van der Waals surface area contributed by atoms with Crippen LogP contribution in [0.5, 0.6) is 5.75 Å². The Kier molecular flexibility index (Phi) is 6.52. The number of fused-ring (bicyclic) bond motifs is 1. The van der Waals surface area contributed by atoms with Crippen LogP contribution in [0.15, 0.2) is 24.3 Å². The minimum absolute atomic E-state index is 0.134. The van der Waals surface area contributed by atoms with Crippen LogP contribution in [-0.4, -0.2) is 6.36 Å². The topological polar surface area (TPSA) is 9.23 Å². The van der Waals surface area contributed by atoms with Crippen LogP contribution < -0.4 is 4.74 Å². The Bertz CT molecular complexity index is 552. The van der Waals surface area contributed by atoms with Crippen molar-refractivity contribution in [2.24, 2.45) is 23.7 Å². The first-order valence-electron chi connectivity index (χ1n) is 10.3. The molecule has 1 unspecified atom stereocenters. The van der Waals surface area contributed by atoms with E-state index in [0.29, 0.717) is 0 Å². The Hall–Kier alpha value is -1.19. The van der Waals surface area contributed by atoms with Crippen molar-refractivity contribution in [3.05, 3.63) is 29.8 Å². The van der Waals surface area contributed by atoms with Crippen LogP contribution in [0.25, 0.3) is 0 Å². The van der Waals surface area contributed by atoms with Gasteiger partial charge in [-0.15, -0.1) is 13.2 Å². The predicted octanol–water partition coefficient (Wildman–Crippen LogP) is 7.15. The summed E-state index contributed by atoms with van der Waals surface area (Å²) in [4.78, 5) is 0. The van der Waals surface area contributed by atoms with Gasteiger partial charge in [-0.3, -0.25) is 0 Å². The van der Waals surface area contributed by atoms with Crippen molar-refractivity contribution >= 4 is 0 Å². The second-order valence-electron chi connectivity index (χ2n) is 8.40. The van der Waals surface area contributed by atoms with E-state index in [-0.39, 0.29) is 5.75 Å². The fraction of sp³-hybridized carbons (Fsp3) is 0.727.